The molecule has 2 nitrogen and oxygen atoms in total. The quantitative estimate of drug-likeness (QED) is 0.700. The van der Waals surface area contributed by atoms with E-state index in [9.17, 15) is 0 Å². The molecule has 1 aliphatic heterocycles. The lowest BCUT2D eigenvalue weighted by molar-refractivity contribution is 0.0349. The van der Waals surface area contributed by atoms with Crippen LogP contribution in [0.4, 0.5) is 0 Å². The van der Waals surface area contributed by atoms with Crippen LogP contribution in [-0.4, -0.2) is 25.3 Å². The molecule has 2 heteroatoms. The van der Waals surface area contributed by atoms with E-state index in [4.69, 9.17) is 4.74 Å². The summed E-state index contributed by atoms with van der Waals surface area (Å²) >= 11 is 0. The molecule has 0 bridgehead atoms. The standard InChI is InChI=1S/C12H25NO/c1-9(2)10-8-13-11(6-7-14-10)12(3,4)5/h9-11,13H,6-8H2,1-5H3. The highest BCUT2D eigenvalue weighted by atomic mass is 16.5. The van der Waals surface area contributed by atoms with E-state index in [2.05, 4.69) is 39.9 Å². The van der Waals surface area contributed by atoms with Crippen LogP contribution in [0.1, 0.15) is 41.0 Å². The van der Waals surface area contributed by atoms with Crippen molar-refractivity contribution in [3.63, 3.8) is 0 Å². The Kier molecular flexibility index (Phi) is 3.96. The molecule has 0 aromatic rings. The lowest BCUT2D eigenvalue weighted by atomic mass is 9.85. The number of hydrogen-bond acceptors (Lipinski definition) is 2. The van der Waals surface area contributed by atoms with Crippen LogP contribution in [0.25, 0.3) is 0 Å². The molecule has 84 valence electrons. The average Bonchev–Trinajstić information content (AvgIpc) is 2.26. The lowest BCUT2D eigenvalue weighted by Gasteiger charge is -2.30. The minimum Gasteiger partial charge on any atom is -0.377 e. The van der Waals surface area contributed by atoms with Gasteiger partial charge < -0.3 is 10.1 Å². The van der Waals surface area contributed by atoms with Crippen LogP contribution in [0.2, 0.25) is 0 Å². The van der Waals surface area contributed by atoms with E-state index in [0.717, 1.165) is 19.6 Å². The molecule has 0 spiro atoms. The third kappa shape index (κ3) is 3.25. The fraction of sp³-hybridized carbons (Fsp3) is 1.00. The van der Waals surface area contributed by atoms with Gasteiger partial charge in [0.25, 0.3) is 0 Å². The van der Waals surface area contributed by atoms with Crippen LogP contribution in [0.15, 0.2) is 0 Å². The molecule has 1 fully saturated rings. The maximum atomic E-state index is 5.83. The van der Waals surface area contributed by atoms with E-state index in [1.54, 1.807) is 0 Å². The predicted octanol–water partition coefficient (Wildman–Crippen LogP) is 2.44. The SMILES string of the molecule is CC(C)C1CNC(C(C)(C)C)CCO1. The van der Waals surface area contributed by atoms with Crippen LogP contribution in [-0.2, 0) is 4.74 Å². The molecule has 2 unspecified atom stereocenters. The molecular weight excluding hydrogens is 174 g/mol. The maximum Gasteiger partial charge on any atom is 0.0722 e. The Hall–Kier alpha value is -0.0800. The fourth-order valence-electron chi connectivity index (χ4n) is 1.92. The first kappa shape index (κ1) is 12.0. The van der Waals surface area contributed by atoms with Gasteiger partial charge in [0.05, 0.1) is 6.10 Å². The van der Waals surface area contributed by atoms with Gasteiger partial charge in [0.2, 0.25) is 0 Å². The molecule has 0 radical (unpaired) electrons. The molecule has 0 saturated carbocycles. The minimum atomic E-state index is 0.342. The summed E-state index contributed by atoms with van der Waals surface area (Å²) in [5.74, 6) is 0.612. The highest BCUT2D eigenvalue weighted by Gasteiger charge is 2.28. The van der Waals surface area contributed by atoms with Crippen molar-refractivity contribution in [1.82, 2.24) is 5.32 Å². The fourth-order valence-corrected chi connectivity index (χ4v) is 1.92. The molecule has 1 aliphatic rings. The predicted molar refractivity (Wildman–Crippen MR) is 60.4 cm³/mol. The molecule has 0 aromatic carbocycles. The number of hydrogen-bond donors (Lipinski definition) is 1. The van der Waals surface area contributed by atoms with Crippen molar-refractivity contribution in [2.24, 2.45) is 11.3 Å². The molecule has 0 aliphatic carbocycles. The minimum absolute atomic E-state index is 0.342. The van der Waals surface area contributed by atoms with Crippen LogP contribution >= 0.6 is 0 Å². The Bertz CT molecular complexity index is 172. The first-order valence-electron chi connectivity index (χ1n) is 5.76. The molecule has 0 amide bonds. The van der Waals surface area contributed by atoms with Crippen molar-refractivity contribution in [3.8, 4) is 0 Å². The van der Waals surface area contributed by atoms with Gasteiger partial charge in [-0.2, -0.15) is 0 Å². The largest absolute Gasteiger partial charge is 0.377 e. The van der Waals surface area contributed by atoms with Crippen molar-refractivity contribution < 1.29 is 4.74 Å². The first-order chi connectivity index (χ1) is 6.41. The van der Waals surface area contributed by atoms with Gasteiger partial charge in [0.1, 0.15) is 0 Å². The number of nitrogens with one attached hydrogen (secondary N) is 1. The molecule has 0 aromatic heterocycles. The molecule has 1 saturated heterocycles. The second-order valence-electron chi connectivity index (χ2n) is 5.77. The maximum absolute atomic E-state index is 5.83. The Morgan fingerprint density at radius 1 is 1.29 bits per heavy atom. The van der Waals surface area contributed by atoms with Crippen molar-refractivity contribution in [2.75, 3.05) is 13.2 Å². The van der Waals surface area contributed by atoms with Crippen molar-refractivity contribution in [2.45, 2.75) is 53.2 Å². The Morgan fingerprint density at radius 3 is 2.43 bits per heavy atom. The van der Waals surface area contributed by atoms with Crippen molar-refractivity contribution in [1.29, 1.82) is 0 Å². The summed E-state index contributed by atoms with van der Waals surface area (Å²) in [5, 5.41) is 3.63. The Morgan fingerprint density at radius 2 is 1.93 bits per heavy atom. The Labute approximate surface area is 88.4 Å². The van der Waals surface area contributed by atoms with E-state index in [1.165, 1.54) is 0 Å². The second-order valence-corrected chi connectivity index (χ2v) is 5.77. The summed E-state index contributed by atoms with van der Waals surface area (Å²) in [7, 11) is 0. The van der Waals surface area contributed by atoms with Crippen LogP contribution in [0, 0.1) is 11.3 Å². The highest BCUT2D eigenvalue weighted by molar-refractivity contribution is 4.84. The summed E-state index contributed by atoms with van der Waals surface area (Å²) in [4.78, 5) is 0. The topological polar surface area (TPSA) is 21.3 Å². The van der Waals surface area contributed by atoms with E-state index in [1.807, 2.05) is 0 Å². The number of rotatable bonds is 1. The average molecular weight is 199 g/mol. The summed E-state index contributed by atoms with van der Waals surface area (Å²) in [6, 6.07) is 0.589. The molecule has 1 rings (SSSR count). The normalized spacial score (nSPS) is 30.4. The van der Waals surface area contributed by atoms with E-state index in [-0.39, 0.29) is 0 Å². The van der Waals surface area contributed by atoms with Gasteiger partial charge in [-0.25, -0.2) is 0 Å². The third-order valence-electron chi connectivity index (χ3n) is 3.09. The smallest absolute Gasteiger partial charge is 0.0722 e. The van der Waals surface area contributed by atoms with E-state index < -0.39 is 0 Å². The molecule has 1 N–H and O–H groups in total. The zero-order valence-corrected chi connectivity index (χ0v) is 10.3. The van der Waals surface area contributed by atoms with Crippen LogP contribution < -0.4 is 5.32 Å². The summed E-state index contributed by atoms with van der Waals surface area (Å²) in [5.41, 5.74) is 0.342. The van der Waals surface area contributed by atoms with Gasteiger partial charge in [0, 0.05) is 19.2 Å². The zero-order chi connectivity index (χ0) is 10.8. The van der Waals surface area contributed by atoms with E-state index >= 15 is 0 Å². The van der Waals surface area contributed by atoms with Crippen molar-refractivity contribution in [3.05, 3.63) is 0 Å². The summed E-state index contributed by atoms with van der Waals surface area (Å²) in [6.07, 6.45) is 1.52. The second kappa shape index (κ2) is 4.63. The van der Waals surface area contributed by atoms with Gasteiger partial charge in [-0.1, -0.05) is 34.6 Å². The van der Waals surface area contributed by atoms with Crippen molar-refractivity contribution >= 4 is 0 Å². The summed E-state index contributed by atoms with van der Waals surface area (Å²) in [6.45, 7) is 13.2. The lowest BCUT2D eigenvalue weighted by Crippen LogP contribution is -2.42. The number of ether oxygens (including phenoxy) is 1. The Balaban J connectivity index is 2.49. The van der Waals surface area contributed by atoms with Gasteiger partial charge in [0.15, 0.2) is 0 Å². The highest BCUT2D eigenvalue weighted by Crippen LogP contribution is 2.24. The van der Waals surface area contributed by atoms with Gasteiger partial charge in [-0.15, -0.1) is 0 Å². The monoisotopic (exact) mass is 199 g/mol. The van der Waals surface area contributed by atoms with Gasteiger partial charge >= 0.3 is 0 Å². The van der Waals surface area contributed by atoms with Crippen LogP contribution in [0.5, 0.6) is 0 Å². The molecular formula is C12H25NO. The van der Waals surface area contributed by atoms with Gasteiger partial charge in [-0.05, 0) is 17.8 Å². The van der Waals surface area contributed by atoms with Gasteiger partial charge in [-0.3, -0.25) is 0 Å². The van der Waals surface area contributed by atoms with E-state index in [0.29, 0.717) is 23.5 Å². The first-order valence-corrected chi connectivity index (χ1v) is 5.76. The molecule has 1 heterocycles. The molecule has 14 heavy (non-hydrogen) atoms. The van der Waals surface area contributed by atoms with Crippen LogP contribution in [0.3, 0.4) is 0 Å². The molecule has 2 atom stereocenters. The third-order valence-corrected chi connectivity index (χ3v) is 3.09. The summed E-state index contributed by atoms with van der Waals surface area (Å²) < 4.78 is 5.83. The zero-order valence-electron chi connectivity index (χ0n) is 10.3.